The third-order valence-corrected chi connectivity index (χ3v) is 5.92. The zero-order valence-electron chi connectivity index (χ0n) is 20.6. The largest absolute Gasteiger partial charge is 0.573 e. The number of aliphatic hydroxyl groups is 1. The minimum absolute atomic E-state index is 0.0879. The lowest BCUT2D eigenvalue weighted by molar-refractivity contribution is -0.274. The van der Waals surface area contributed by atoms with Crippen molar-refractivity contribution in [3.8, 4) is 17.0 Å². The highest BCUT2D eigenvalue weighted by Crippen LogP contribution is 2.30. The monoisotopic (exact) mass is 517 g/mol. The van der Waals surface area contributed by atoms with Crippen molar-refractivity contribution in [3.05, 3.63) is 54.6 Å². The first-order chi connectivity index (χ1) is 17.7. The Hall–Kier alpha value is -3.57. The van der Waals surface area contributed by atoms with Gasteiger partial charge in [-0.05, 0) is 42.3 Å². The number of benzene rings is 2. The van der Waals surface area contributed by atoms with Crippen LogP contribution in [0, 0.1) is 5.92 Å². The van der Waals surface area contributed by atoms with Crippen LogP contribution in [-0.2, 0) is 4.74 Å². The van der Waals surface area contributed by atoms with E-state index in [1.165, 1.54) is 18.2 Å². The molecule has 1 aromatic heterocycles. The fourth-order valence-electron chi connectivity index (χ4n) is 3.89. The van der Waals surface area contributed by atoms with Gasteiger partial charge in [0.2, 0.25) is 5.95 Å². The summed E-state index contributed by atoms with van der Waals surface area (Å²) in [6.07, 6.45) is -4.80. The van der Waals surface area contributed by atoms with Crippen molar-refractivity contribution < 1.29 is 27.8 Å². The molecule has 198 valence electrons. The van der Waals surface area contributed by atoms with Gasteiger partial charge in [0.15, 0.2) is 0 Å². The molecule has 4 rings (SSSR count). The van der Waals surface area contributed by atoms with Crippen molar-refractivity contribution in [2.24, 2.45) is 5.92 Å². The maximum Gasteiger partial charge on any atom is 0.573 e. The number of nitrogens with zero attached hydrogens (tertiary/aromatic N) is 3. The number of alkyl halides is 3. The van der Waals surface area contributed by atoms with Crippen LogP contribution in [0.5, 0.6) is 5.75 Å². The fourth-order valence-corrected chi connectivity index (χ4v) is 3.89. The van der Waals surface area contributed by atoms with Crippen LogP contribution in [0.15, 0.2) is 54.6 Å². The van der Waals surface area contributed by atoms with Crippen LogP contribution in [0.4, 0.5) is 36.3 Å². The van der Waals surface area contributed by atoms with E-state index in [1.807, 2.05) is 38.1 Å². The first-order valence-electron chi connectivity index (χ1n) is 12.0. The van der Waals surface area contributed by atoms with E-state index < -0.39 is 6.36 Å². The summed E-state index contributed by atoms with van der Waals surface area (Å²) in [5.74, 6) is 0.417. The molecule has 2 heterocycles. The number of nitrogens with one attached hydrogen (secondary N) is 2. The normalized spacial score (nSPS) is 14.9. The van der Waals surface area contributed by atoms with Gasteiger partial charge in [-0.3, -0.25) is 0 Å². The van der Waals surface area contributed by atoms with Crippen LogP contribution in [0.3, 0.4) is 0 Å². The Morgan fingerprint density at radius 3 is 2.43 bits per heavy atom. The summed E-state index contributed by atoms with van der Waals surface area (Å²) in [7, 11) is 0. The van der Waals surface area contributed by atoms with Gasteiger partial charge in [-0.25, -0.2) is 4.98 Å². The number of halogens is 3. The van der Waals surface area contributed by atoms with Gasteiger partial charge in [-0.1, -0.05) is 26.0 Å². The summed E-state index contributed by atoms with van der Waals surface area (Å²) in [6, 6.07) is 14.8. The third kappa shape index (κ3) is 7.46. The van der Waals surface area contributed by atoms with Gasteiger partial charge >= 0.3 is 6.36 Å². The Balaban J connectivity index is 1.62. The second-order valence-corrected chi connectivity index (χ2v) is 8.99. The van der Waals surface area contributed by atoms with E-state index in [9.17, 15) is 18.3 Å². The SMILES string of the molecule is CC(C)[C@@H](CO)Nc1nc(Nc2ccc(N3CCOCC3)cc2)cc(-c2cccc(OC(F)(F)F)c2)n1. The molecule has 1 aliphatic heterocycles. The Bertz CT molecular complexity index is 1170. The van der Waals surface area contributed by atoms with Crippen molar-refractivity contribution >= 4 is 23.1 Å². The van der Waals surface area contributed by atoms with Crippen LogP contribution in [0.1, 0.15) is 13.8 Å². The molecule has 3 aromatic rings. The highest BCUT2D eigenvalue weighted by molar-refractivity contribution is 5.69. The van der Waals surface area contributed by atoms with E-state index in [1.54, 1.807) is 12.1 Å². The summed E-state index contributed by atoms with van der Waals surface area (Å²) in [5, 5.41) is 16.1. The zero-order chi connectivity index (χ0) is 26.4. The first-order valence-corrected chi connectivity index (χ1v) is 12.0. The Labute approximate surface area is 213 Å². The average Bonchev–Trinajstić information content (AvgIpc) is 2.87. The molecule has 3 N–H and O–H groups in total. The predicted molar refractivity (Wildman–Crippen MR) is 136 cm³/mol. The number of hydrogen-bond donors (Lipinski definition) is 3. The topological polar surface area (TPSA) is 91.8 Å². The molecule has 0 unspecified atom stereocenters. The van der Waals surface area contributed by atoms with Crippen molar-refractivity contribution in [2.45, 2.75) is 26.3 Å². The summed E-state index contributed by atoms with van der Waals surface area (Å²) in [5.41, 5.74) is 2.68. The quantitative estimate of drug-likeness (QED) is 0.363. The lowest BCUT2D eigenvalue weighted by atomic mass is 10.1. The maximum absolute atomic E-state index is 12.8. The molecule has 0 spiro atoms. The van der Waals surface area contributed by atoms with E-state index in [0.29, 0.717) is 30.3 Å². The molecule has 8 nitrogen and oxygen atoms in total. The molecule has 0 aliphatic carbocycles. The number of morpholine rings is 1. The van der Waals surface area contributed by atoms with Gasteiger partial charge in [-0.2, -0.15) is 4.98 Å². The van der Waals surface area contributed by atoms with Crippen LogP contribution in [0.25, 0.3) is 11.3 Å². The van der Waals surface area contributed by atoms with Gasteiger partial charge in [0, 0.05) is 36.1 Å². The second-order valence-electron chi connectivity index (χ2n) is 8.99. The molecule has 0 radical (unpaired) electrons. The molecular weight excluding hydrogens is 487 g/mol. The van der Waals surface area contributed by atoms with Crippen LogP contribution in [-0.4, -0.2) is 60.4 Å². The maximum atomic E-state index is 12.8. The molecular formula is C26H30F3N5O3. The number of aliphatic hydroxyl groups excluding tert-OH is 1. The zero-order valence-corrected chi connectivity index (χ0v) is 20.6. The molecule has 2 aromatic carbocycles. The van der Waals surface area contributed by atoms with Gasteiger partial charge in [0.1, 0.15) is 11.6 Å². The number of aromatic nitrogens is 2. The summed E-state index contributed by atoms with van der Waals surface area (Å²) < 4.78 is 47.7. The Kier molecular flexibility index (Phi) is 8.34. The van der Waals surface area contributed by atoms with Crippen molar-refractivity contribution in [3.63, 3.8) is 0 Å². The van der Waals surface area contributed by atoms with E-state index in [-0.39, 0.29) is 30.3 Å². The van der Waals surface area contributed by atoms with E-state index in [2.05, 4.69) is 30.2 Å². The molecule has 0 bridgehead atoms. The van der Waals surface area contributed by atoms with Crippen molar-refractivity contribution in [1.82, 2.24) is 9.97 Å². The summed E-state index contributed by atoms with van der Waals surface area (Å²) >= 11 is 0. The Morgan fingerprint density at radius 1 is 1.05 bits per heavy atom. The van der Waals surface area contributed by atoms with Gasteiger partial charge < -0.3 is 30.1 Å². The smallest absolute Gasteiger partial charge is 0.406 e. The lowest BCUT2D eigenvalue weighted by Gasteiger charge is -2.28. The fraction of sp³-hybridized carbons (Fsp3) is 0.385. The molecule has 11 heteroatoms. The highest BCUT2D eigenvalue weighted by atomic mass is 19.4. The number of hydrogen-bond acceptors (Lipinski definition) is 8. The third-order valence-electron chi connectivity index (χ3n) is 5.92. The van der Waals surface area contributed by atoms with Crippen molar-refractivity contribution in [2.75, 3.05) is 48.4 Å². The number of ether oxygens (including phenoxy) is 2. The van der Waals surface area contributed by atoms with Crippen LogP contribution < -0.4 is 20.3 Å². The summed E-state index contributed by atoms with van der Waals surface area (Å²) in [6.45, 7) is 6.81. The molecule has 1 fully saturated rings. The molecule has 1 atom stereocenters. The van der Waals surface area contributed by atoms with E-state index in [0.717, 1.165) is 24.5 Å². The van der Waals surface area contributed by atoms with Crippen LogP contribution in [0.2, 0.25) is 0 Å². The molecule has 1 saturated heterocycles. The van der Waals surface area contributed by atoms with Gasteiger partial charge in [-0.15, -0.1) is 13.2 Å². The first kappa shape index (κ1) is 26.5. The van der Waals surface area contributed by atoms with E-state index in [4.69, 9.17) is 4.74 Å². The highest BCUT2D eigenvalue weighted by Gasteiger charge is 2.31. The molecule has 0 amide bonds. The van der Waals surface area contributed by atoms with Crippen LogP contribution >= 0.6 is 0 Å². The minimum atomic E-state index is -4.80. The minimum Gasteiger partial charge on any atom is -0.406 e. The lowest BCUT2D eigenvalue weighted by Crippen LogP contribution is -2.36. The number of rotatable bonds is 9. The summed E-state index contributed by atoms with van der Waals surface area (Å²) in [4.78, 5) is 11.3. The second kappa shape index (κ2) is 11.7. The predicted octanol–water partition coefficient (Wildman–Crippen LogP) is 5.05. The van der Waals surface area contributed by atoms with Gasteiger partial charge in [0.05, 0.1) is 31.6 Å². The van der Waals surface area contributed by atoms with Gasteiger partial charge in [0.25, 0.3) is 0 Å². The van der Waals surface area contributed by atoms with Crippen molar-refractivity contribution in [1.29, 1.82) is 0 Å². The number of anilines is 4. The standard InChI is InChI=1S/C26H30F3N5O3/c1-17(2)23(16-35)32-25-31-22(18-4-3-5-21(14-18)37-26(27,28)29)15-24(33-25)30-19-6-8-20(9-7-19)34-10-12-36-13-11-34/h3-9,14-15,17,23,35H,10-13,16H2,1-2H3,(H2,30,31,32,33)/t23-/m1/s1. The average molecular weight is 518 g/mol. The molecule has 0 saturated carbocycles. The molecule has 37 heavy (non-hydrogen) atoms. The van der Waals surface area contributed by atoms with E-state index >= 15 is 0 Å². The Morgan fingerprint density at radius 2 is 1.78 bits per heavy atom. The molecule has 1 aliphatic rings.